The van der Waals surface area contributed by atoms with Gasteiger partial charge in [-0.15, -0.1) is 0 Å². The largest absolute Gasteiger partial charge is 0.493 e. The monoisotopic (exact) mass is 325 g/mol. The van der Waals surface area contributed by atoms with Crippen LogP contribution in [0, 0.1) is 6.92 Å². The van der Waals surface area contributed by atoms with Crippen molar-refractivity contribution in [3.8, 4) is 11.5 Å². The second kappa shape index (κ2) is 6.66. The highest BCUT2D eigenvalue weighted by Gasteiger charge is 2.16. The van der Waals surface area contributed by atoms with E-state index in [9.17, 15) is 4.79 Å². The summed E-state index contributed by atoms with van der Waals surface area (Å²) >= 11 is 0. The summed E-state index contributed by atoms with van der Waals surface area (Å²) in [6, 6.07) is 13.2. The van der Waals surface area contributed by atoms with E-state index in [1.165, 1.54) is 4.57 Å². The number of hydrogen-bond donors (Lipinski definition) is 0. The molecular formula is C19H19NO4. The third kappa shape index (κ3) is 2.93. The topological polar surface area (TPSA) is 49.7 Å². The second-order valence-corrected chi connectivity index (χ2v) is 5.45. The zero-order chi connectivity index (χ0) is 17.1. The first-order valence-corrected chi connectivity index (χ1v) is 7.58. The maximum atomic E-state index is 12.5. The smallest absolute Gasteiger partial charge is 0.418 e. The molecule has 0 bridgehead atoms. The van der Waals surface area contributed by atoms with E-state index in [-0.39, 0.29) is 6.61 Å². The Kier molecular flexibility index (Phi) is 4.42. The van der Waals surface area contributed by atoms with E-state index in [1.807, 2.05) is 43.3 Å². The lowest BCUT2D eigenvalue weighted by atomic mass is 10.2. The first-order chi connectivity index (χ1) is 11.6. The number of aromatic nitrogens is 1. The van der Waals surface area contributed by atoms with Gasteiger partial charge in [-0.1, -0.05) is 30.3 Å². The molecule has 5 heteroatoms. The normalized spacial score (nSPS) is 10.6. The van der Waals surface area contributed by atoms with Crippen LogP contribution in [0.3, 0.4) is 0 Å². The van der Waals surface area contributed by atoms with Gasteiger partial charge >= 0.3 is 6.09 Å². The van der Waals surface area contributed by atoms with Crippen molar-refractivity contribution in [1.82, 2.24) is 4.57 Å². The molecule has 124 valence electrons. The fourth-order valence-electron chi connectivity index (χ4n) is 2.66. The summed E-state index contributed by atoms with van der Waals surface area (Å²) in [5, 5.41) is 0.921. The van der Waals surface area contributed by atoms with E-state index in [4.69, 9.17) is 14.2 Å². The van der Waals surface area contributed by atoms with Crippen LogP contribution < -0.4 is 9.47 Å². The van der Waals surface area contributed by atoms with Gasteiger partial charge in [0.15, 0.2) is 11.5 Å². The summed E-state index contributed by atoms with van der Waals surface area (Å²) in [6.45, 7) is 2.17. The number of carbonyl (C=O) groups excluding carboxylic acids is 1. The number of ether oxygens (including phenoxy) is 3. The van der Waals surface area contributed by atoms with Crippen LogP contribution in [0.2, 0.25) is 0 Å². The van der Waals surface area contributed by atoms with Gasteiger partial charge in [-0.25, -0.2) is 4.79 Å². The number of fused-ring (bicyclic) bond motifs is 1. The minimum Gasteiger partial charge on any atom is -0.493 e. The van der Waals surface area contributed by atoms with Crippen LogP contribution in [0.5, 0.6) is 11.5 Å². The van der Waals surface area contributed by atoms with Crippen LogP contribution >= 0.6 is 0 Å². The zero-order valence-corrected chi connectivity index (χ0v) is 13.9. The van der Waals surface area contributed by atoms with Gasteiger partial charge in [0.1, 0.15) is 6.61 Å². The van der Waals surface area contributed by atoms with Gasteiger partial charge in [-0.2, -0.15) is 0 Å². The fourth-order valence-corrected chi connectivity index (χ4v) is 2.66. The Morgan fingerprint density at radius 3 is 2.38 bits per heavy atom. The van der Waals surface area contributed by atoms with Crippen LogP contribution in [0.4, 0.5) is 4.79 Å². The van der Waals surface area contributed by atoms with E-state index in [0.717, 1.165) is 22.0 Å². The maximum Gasteiger partial charge on any atom is 0.418 e. The number of carbonyl (C=O) groups is 1. The molecule has 24 heavy (non-hydrogen) atoms. The maximum absolute atomic E-state index is 12.5. The Morgan fingerprint density at radius 1 is 1.04 bits per heavy atom. The lowest BCUT2D eigenvalue weighted by Gasteiger charge is -2.10. The Labute approximate surface area is 140 Å². The fraction of sp³-hybridized carbons (Fsp3) is 0.211. The molecule has 0 aliphatic carbocycles. The van der Waals surface area contributed by atoms with Crippen LogP contribution in [-0.2, 0) is 11.3 Å². The molecule has 0 radical (unpaired) electrons. The predicted octanol–water partition coefficient (Wildman–Crippen LogP) is 4.15. The minimum absolute atomic E-state index is 0.228. The molecule has 0 amide bonds. The van der Waals surface area contributed by atoms with Crippen molar-refractivity contribution in [2.24, 2.45) is 0 Å². The Balaban J connectivity index is 1.92. The Hall–Kier alpha value is -2.95. The van der Waals surface area contributed by atoms with Gasteiger partial charge in [0.2, 0.25) is 0 Å². The highest BCUT2D eigenvalue weighted by atomic mass is 16.5. The Morgan fingerprint density at radius 2 is 1.71 bits per heavy atom. The molecule has 0 aliphatic rings. The molecule has 0 fully saturated rings. The Bertz CT molecular complexity index is 868. The average Bonchev–Trinajstić information content (AvgIpc) is 2.95. The first kappa shape index (κ1) is 15.9. The first-order valence-electron chi connectivity index (χ1n) is 7.58. The third-order valence-electron chi connectivity index (χ3n) is 3.91. The molecule has 0 saturated heterocycles. The summed E-state index contributed by atoms with van der Waals surface area (Å²) in [4.78, 5) is 12.5. The molecule has 5 nitrogen and oxygen atoms in total. The molecule has 0 aliphatic heterocycles. The summed E-state index contributed by atoms with van der Waals surface area (Å²) in [5.74, 6) is 1.20. The highest BCUT2D eigenvalue weighted by Crippen LogP contribution is 2.34. The molecule has 0 saturated carbocycles. The van der Waals surface area contributed by atoms with Crippen molar-refractivity contribution < 1.29 is 19.0 Å². The van der Waals surface area contributed by atoms with Gasteiger partial charge in [-0.05, 0) is 24.1 Å². The lowest BCUT2D eigenvalue weighted by molar-refractivity contribution is 0.142. The molecule has 3 aromatic rings. The molecule has 3 rings (SSSR count). The van der Waals surface area contributed by atoms with Crippen LogP contribution in [0.15, 0.2) is 48.7 Å². The van der Waals surface area contributed by atoms with Gasteiger partial charge in [0, 0.05) is 17.6 Å². The zero-order valence-electron chi connectivity index (χ0n) is 13.9. The van der Waals surface area contributed by atoms with E-state index in [2.05, 4.69) is 0 Å². The molecule has 1 aromatic heterocycles. The van der Waals surface area contributed by atoms with Crippen molar-refractivity contribution in [1.29, 1.82) is 0 Å². The van der Waals surface area contributed by atoms with Crippen LogP contribution in [0.25, 0.3) is 10.9 Å². The number of aryl methyl sites for hydroxylation is 1. The summed E-state index contributed by atoms with van der Waals surface area (Å²) in [5.41, 5.74) is 2.63. The second-order valence-electron chi connectivity index (χ2n) is 5.45. The number of benzene rings is 2. The molecule has 0 atom stereocenters. The van der Waals surface area contributed by atoms with Gasteiger partial charge in [0.25, 0.3) is 0 Å². The summed E-state index contributed by atoms with van der Waals surface area (Å²) < 4.78 is 17.6. The number of nitrogens with zero attached hydrogens (tertiary/aromatic N) is 1. The van der Waals surface area contributed by atoms with Crippen molar-refractivity contribution in [2.75, 3.05) is 14.2 Å². The average molecular weight is 325 g/mol. The third-order valence-corrected chi connectivity index (χ3v) is 3.91. The predicted molar refractivity (Wildman–Crippen MR) is 91.8 cm³/mol. The molecule has 0 N–H and O–H groups in total. The molecule has 2 aromatic carbocycles. The van der Waals surface area contributed by atoms with E-state index in [0.29, 0.717) is 11.5 Å². The van der Waals surface area contributed by atoms with Gasteiger partial charge in [-0.3, -0.25) is 4.57 Å². The van der Waals surface area contributed by atoms with Crippen LogP contribution in [0.1, 0.15) is 11.1 Å². The minimum atomic E-state index is -0.427. The van der Waals surface area contributed by atoms with Crippen molar-refractivity contribution in [3.05, 3.63) is 59.8 Å². The molecule has 0 spiro atoms. The van der Waals surface area contributed by atoms with Crippen molar-refractivity contribution in [2.45, 2.75) is 13.5 Å². The number of hydrogen-bond acceptors (Lipinski definition) is 4. The van der Waals surface area contributed by atoms with Crippen molar-refractivity contribution in [3.63, 3.8) is 0 Å². The van der Waals surface area contributed by atoms with Crippen LogP contribution in [-0.4, -0.2) is 24.9 Å². The molecule has 0 unspecified atom stereocenters. The van der Waals surface area contributed by atoms with Crippen molar-refractivity contribution >= 4 is 17.0 Å². The highest BCUT2D eigenvalue weighted by molar-refractivity contribution is 5.93. The summed E-state index contributed by atoms with van der Waals surface area (Å²) in [6.07, 6.45) is 1.33. The SMILES string of the molecule is COc1cc2c(C)cn(C(=O)OCc3ccccc3)c2cc1OC. The number of methoxy groups -OCH3 is 2. The van der Waals surface area contributed by atoms with E-state index < -0.39 is 6.09 Å². The standard InChI is InChI=1S/C19H19NO4/c1-13-11-20(19(21)24-12-14-7-5-4-6-8-14)16-10-18(23-3)17(22-2)9-15(13)16/h4-11H,12H2,1-3H3. The quantitative estimate of drug-likeness (QED) is 0.723. The van der Waals surface area contributed by atoms with E-state index in [1.54, 1.807) is 26.5 Å². The van der Waals surface area contributed by atoms with E-state index >= 15 is 0 Å². The lowest BCUT2D eigenvalue weighted by Crippen LogP contribution is -2.12. The molecular weight excluding hydrogens is 306 g/mol. The molecule has 1 heterocycles. The van der Waals surface area contributed by atoms with Gasteiger partial charge < -0.3 is 14.2 Å². The summed E-state index contributed by atoms with van der Waals surface area (Å²) in [7, 11) is 3.15. The number of rotatable bonds is 4. The van der Waals surface area contributed by atoms with Gasteiger partial charge in [0.05, 0.1) is 19.7 Å².